The van der Waals surface area contributed by atoms with E-state index in [-0.39, 0.29) is 18.2 Å². The molecule has 0 atom stereocenters. The van der Waals surface area contributed by atoms with E-state index in [0.717, 1.165) is 11.1 Å². The maximum atomic E-state index is 12.2. The molecule has 0 aliphatic rings. The molecule has 0 aliphatic heterocycles. The molecule has 0 saturated carbocycles. The number of aryl methyl sites for hydroxylation is 1. The summed E-state index contributed by atoms with van der Waals surface area (Å²) in [5, 5.41) is 17.3. The Hall–Kier alpha value is -3.78. The third-order valence-corrected chi connectivity index (χ3v) is 5.00. The lowest BCUT2D eigenvalue weighted by Gasteiger charge is -2.13. The molecule has 3 aromatic carbocycles. The van der Waals surface area contributed by atoms with E-state index in [0.29, 0.717) is 34.4 Å². The quantitative estimate of drug-likeness (QED) is 0.340. The zero-order chi connectivity index (χ0) is 23.1. The van der Waals surface area contributed by atoms with Gasteiger partial charge in [-0.2, -0.15) is 0 Å². The van der Waals surface area contributed by atoms with Gasteiger partial charge in [-0.05, 0) is 48.4 Å². The molecule has 0 aromatic heterocycles. The van der Waals surface area contributed by atoms with Gasteiger partial charge in [-0.1, -0.05) is 29.8 Å². The first-order valence-electron chi connectivity index (χ1n) is 9.70. The molecule has 0 bridgehead atoms. The van der Waals surface area contributed by atoms with Crippen LogP contribution in [0.2, 0.25) is 5.02 Å². The Labute approximate surface area is 190 Å². The van der Waals surface area contributed by atoms with Gasteiger partial charge in [0.15, 0.2) is 18.1 Å². The van der Waals surface area contributed by atoms with Crippen LogP contribution in [0.4, 0.5) is 17.1 Å². The smallest absolute Gasteiger partial charge is 0.271 e. The number of benzene rings is 3. The molecule has 0 fully saturated rings. The maximum Gasteiger partial charge on any atom is 0.271 e. The van der Waals surface area contributed by atoms with E-state index in [2.05, 4.69) is 10.6 Å². The van der Waals surface area contributed by atoms with Crippen LogP contribution in [-0.4, -0.2) is 24.5 Å². The Morgan fingerprint density at radius 2 is 1.88 bits per heavy atom. The van der Waals surface area contributed by atoms with E-state index in [1.807, 2.05) is 19.1 Å². The van der Waals surface area contributed by atoms with Gasteiger partial charge in [-0.25, -0.2) is 0 Å². The second-order valence-electron chi connectivity index (χ2n) is 6.95. The first kappa shape index (κ1) is 22.9. The fourth-order valence-corrected chi connectivity index (χ4v) is 3.07. The highest BCUT2D eigenvalue weighted by molar-refractivity contribution is 6.31. The predicted octanol–water partition coefficient (Wildman–Crippen LogP) is 5.19. The van der Waals surface area contributed by atoms with Crippen molar-refractivity contribution < 1.29 is 19.2 Å². The lowest BCUT2D eigenvalue weighted by atomic mass is 10.2. The zero-order valence-electron chi connectivity index (χ0n) is 17.6. The largest absolute Gasteiger partial charge is 0.493 e. The normalized spacial score (nSPS) is 10.3. The van der Waals surface area contributed by atoms with Gasteiger partial charge in [0.2, 0.25) is 0 Å². The highest BCUT2D eigenvalue weighted by Crippen LogP contribution is 2.29. The topological polar surface area (TPSA) is 103 Å². The molecule has 0 aliphatic carbocycles. The number of nitrogens with one attached hydrogen (secondary N) is 2. The van der Waals surface area contributed by atoms with Crippen molar-refractivity contribution in [1.82, 2.24) is 0 Å². The Kier molecular flexibility index (Phi) is 7.51. The number of rotatable bonds is 9. The monoisotopic (exact) mass is 455 g/mol. The lowest BCUT2D eigenvalue weighted by molar-refractivity contribution is -0.384. The van der Waals surface area contributed by atoms with Crippen LogP contribution in [0, 0.1) is 17.0 Å². The van der Waals surface area contributed by atoms with Crippen molar-refractivity contribution in [3.05, 3.63) is 86.9 Å². The number of anilines is 2. The summed E-state index contributed by atoms with van der Waals surface area (Å²) < 4.78 is 11.0. The molecule has 1 amide bonds. The molecular weight excluding hydrogens is 434 g/mol. The molecule has 166 valence electrons. The van der Waals surface area contributed by atoms with Gasteiger partial charge in [0.1, 0.15) is 0 Å². The van der Waals surface area contributed by atoms with Crippen LogP contribution in [0.3, 0.4) is 0 Å². The molecule has 32 heavy (non-hydrogen) atoms. The highest BCUT2D eigenvalue weighted by Gasteiger charge is 2.11. The number of non-ortho nitro benzene ring substituents is 1. The summed E-state index contributed by atoms with van der Waals surface area (Å²) in [7, 11) is 1.51. The minimum atomic E-state index is -0.441. The molecular formula is C23H22ClN3O5. The summed E-state index contributed by atoms with van der Waals surface area (Å²) in [5.41, 5.74) is 3.03. The van der Waals surface area contributed by atoms with Gasteiger partial charge in [-0.3, -0.25) is 14.9 Å². The van der Waals surface area contributed by atoms with Gasteiger partial charge in [0, 0.05) is 35.1 Å². The summed E-state index contributed by atoms with van der Waals surface area (Å²) in [6.45, 7) is 2.10. The number of nitro groups is 1. The number of nitro benzene ring substituents is 1. The fraction of sp³-hybridized carbons (Fsp3) is 0.174. The Morgan fingerprint density at radius 3 is 2.59 bits per heavy atom. The highest BCUT2D eigenvalue weighted by atomic mass is 35.5. The second kappa shape index (κ2) is 10.5. The van der Waals surface area contributed by atoms with Gasteiger partial charge in [0.05, 0.1) is 12.0 Å². The molecule has 3 aromatic rings. The number of hydrogen-bond donors (Lipinski definition) is 2. The van der Waals surface area contributed by atoms with E-state index in [1.165, 1.54) is 19.2 Å². The summed E-state index contributed by atoms with van der Waals surface area (Å²) in [6.07, 6.45) is 0. The molecule has 0 spiro atoms. The van der Waals surface area contributed by atoms with Gasteiger partial charge < -0.3 is 20.1 Å². The standard InChI is InChI=1S/C23H22ClN3O5/c1-15-6-8-18(12-20(15)24)26-23(28)14-32-21-9-7-16(10-22(21)31-2)13-25-17-4-3-5-19(11-17)27(29)30/h3-12,25H,13-14H2,1-2H3,(H,26,28). The average molecular weight is 456 g/mol. The van der Waals surface area contributed by atoms with Gasteiger partial charge >= 0.3 is 0 Å². The van der Waals surface area contributed by atoms with Crippen molar-refractivity contribution in [2.75, 3.05) is 24.4 Å². The first-order chi connectivity index (χ1) is 15.4. The Balaban J connectivity index is 1.58. The summed E-state index contributed by atoms with van der Waals surface area (Å²) in [5.74, 6) is 0.557. The molecule has 0 unspecified atom stereocenters. The first-order valence-corrected chi connectivity index (χ1v) is 10.1. The Bertz CT molecular complexity index is 1140. The van der Waals surface area contributed by atoms with Crippen LogP contribution in [0.15, 0.2) is 60.7 Å². The van der Waals surface area contributed by atoms with Crippen LogP contribution >= 0.6 is 11.6 Å². The summed E-state index contributed by atoms with van der Waals surface area (Å²) in [4.78, 5) is 22.7. The Morgan fingerprint density at radius 1 is 1.06 bits per heavy atom. The third kappa shape index (κ3) is 6.12. The van der Waals surface area contributed by atoms with Gasteiger partial charge in [-0.15, -0.1) is 0 Å². The third-order valence-electron chi connectivity index (χ3n) is 4.60. The number of ether oxygens (including phenoxy) is 2. The molecule has 0 saturated heterocycles. The van der Waals surface area contributed by atoms with E-state index in [9.17, 15) is 14.9 Å². The molecule has 2 N–H and O–H groups in total. The number of carbonyl (C=O) groups is 1. The summed E-state index contributed by atoms with van der Waals surface area (Å²) in [6, 6.07) is 16.8. The van der Waals surface area contributed by atoms with Crippen molar-refractivity contribution in [1.29, 1.82) is 0 Å². The van der Waals surface area contributed by atoms with Crippen molar-refractivity contribution in [3.8, 4) is 11.5 Å². The number of amides is 1. The van der Waals surface area contributed by atoms with Gasteiger partial charge in [0.25, 0.3) is 11.6 Å². The number of nitrogens with zero attached hydrogens (tertiary/aromatic N) is 1. The predicted molar refractivity (Wildman–Crippen MR) is 124 cm³/mol. The fourth-order valence-electron chi connectivity index (χ4n) is 2.89. The van der Waals surface area contributed by atoms with Crippen molar-refractivity contribution in [2.45, 2.75) is 13.5 Å². The van der Waals surface area contributed by atoms with Crippen LogP contribution in [0.25, 0.3) is 0 Å². The number of carbonyl (C=O) groups excluding carboxylic acids is 1. The second-order valence-corrected chi connectivity index (χ2v) is 7.35. The van der Waals surface area contributed by atoms with Crippen molar-refractivity contribution in [3.63, 3.8) is 0 Å². The van der Waals surface area contributed by atoms with Crippen LogP contribution < -0.4 is 20.1 Å². The molecule has 3 rings (SSSR count). The molecule has 0 heterocycles. The van der Waals surface area contributed by atoms with E-state index in [1.54, 1.807) is 36.4 Å². The lowest BCUT2D eigenvalue weighted by Crippen LogP contribution is -2.20. The summed E-state index contributed by atoms with van der Waals surface area (Å²) >= 11 is 6.08. The number of halogens is 1. The van der Waals surface area contributed by atoms with Crippen LogP contribution in [-0.2, 0) is 11.3 Å². The number of hydrogen-bond acceptors (Lipinski definition) is 6. The van der Waals surface area contributed by atoms with E-state index < -0.39 is 4.92 Å². The van der Waals surface area contributed by atoms with Crippen LogP contribution in [0.5, 0.6) is 11.5 Å². The molecule has 8 nitrogen and oxygen atoms in total. The molecule has 9 heteroatoms. The average Bonchev–Trinajstić information content (AvgIpc) is 2.79. The minimum absolute atomic E-state index is 0.0162. The SMILES string of the molecule is COc1cc(CNc2cccc([N+](=O)[O-])c2)ccc1OCC(=O)Nc1ccc(C)c(Cl)c1. The van der Waals surface area contributed by atoms with E-state index >= 15 is 0 Å². The minimum Gasteiger partial charge on any atom is -0.493 e. The number of methoxy groups -OCH3 is 1. The van der Waals surface area contributed by atoms with Crippen molar-refractivity contribution >= 4 is 34.6 Å². The zero-order valence-corrected chi connectivity index (χ0v) is 18.3. The van der Waals surface area contributed by atoms with E-state index in [4.69, 9.17) is 21.1 Å². The molecule has 0 radical (unpaired) electrons. The van der Waals surface area contributed by atoms with Crippen molar-refractivity contribution in [2.24, 2.45) is 0 Å². The maximum absolute atomic E-state index is 12.2. The van der Waals surface area contributed by atoms with Crippen LogP contribution in [0.1, 0.15) is 11.1 Å².